The summed E-state index contributed by atoms with van der Waals surface area (Å²) in [5.74, 6) is 1.92. The molecular weight excluding hydrogens is 162 g/mol. The van der Waals surface area contributed by atoms with Crippen LogP contribution in [0.15, 0.2) is 6.20 Å². The number of hydrogen-bond donors (Lipinski definition) is 2. The van der Waals surface area contributed by atoms with Crippen LogP contribution in [0.4, 0.5) is 0 Å². The summed E-state index contributed by atoms with van der Waals surface area (Å²) in [6.07, 6.45) is 5.44. The molecule has 0 aromatic carbocycles. The fourth-order valence-electron chi connectivity index (χ4n) is 1.89. The quantitative estimate of drug-likeness (QED) is 0.730. The molecule has 0 spiro atoms. The van der Waals surface area contributed by atoms with Crippen LogP contribution in [0, 0.1) is 5.92 Å². The van der Waals surface area contributed by atoms with E-state index in [1.165, 1.54) is 25.2 Å². The number of aromatic nitrogens is 2. The van der Waals surface area contributed by atoms with Crippen LogP contribution >= 0.6 is 0 Å². The number of aromatic amines is 1. The SMILES string of the molecule is CCc1ncc(CC2CCNC2)[nH]1. The molecule has 1 aromatic heterocycles. The van der Waals surface area contributed by atoms with Crippen molar-refractivity contribution in [3.05, 3.63) is 17.7 Å². The monoisotopic (exact) mass is 179 g/mol. The van der Waals surface area contributed by atoms with Crippen LogP contribution in [-0.2, 0) is 12.8 Å². The van der Waals surface area contributed by atoms with Gasteiger partial charge in [-0.1, -0.05) is 6.92 Å². The summed E-state index contributed by atoms with van der Waals surface area (Å²) in [5, 5.41) is 3.38. The molecule has 3 heteroatoms. The Morgan fingerprint density at radius 3 is 3.15 bits per heavy atom. The standard InChI is InChI=1S/C10H17N3/c1-2-10-12-7-9(13-10)5-8-3-4-11-6-8/h7-8,11H,2-6H2,1H3,(H,12,13). The number of nitrogens with one attached hydrogen (secondary N) is 2. The minimum absolute atomic E-state index is 0.810. The lowest BCUT2D eigenvalue weighted by Crippen LogP contribution is -2.10. The van der Waals surface area contributed by atoms with E-state index in [0.29, 0.717) is 0 Å². The fourth-order valence-corrected chi connectivity index (χ4v) is 1.89. The van der Waals surface area contributed by atoms with Gasteiger partial charge in [-0.05, 0) is 31.8 Å². The number of nitrogens with zero attached hydrogens (tertiary/aromatic N) is 1. The molecule has 0 saturated carbocycles. The van der Waals surface area contributed by atoms with Gasteiger partial charge in [0.2, 0.25) is 0 Å². The summed E-state index contributed by atoms with van der Waals surface area (Å²) >= 11 is 0. The molecule has 1 aliphatic heterocycles. The second-order valence-electron chi connectivity index (χ2n) is 3.77. The van der Waals surface area contributed by atoms with Crippen LogP contribution in [0.5, 0.6) is 0 Å². The van der Waals surface area contributed by atoms with Gasteiger partial charge < -0.3 is 10.3 Å². The maximum absolute atomic E-state index is 4.30. The molecular formula is C10H17N3. The summed E-state index contributed by atoms with van der Waals surface area (Å²) in [7, 11) is 0. The second-order valence-corrected chi connectivity index (χ2v) is 3.77. The van der Waals surface area contributed by atoms with Crippen LogP contribution in [0.2, 0.25) is 0 Å². The molecule has 2 rings (SSSR count). The van der Waals surface area contributed by atoms with Gasteiger partial charge in [-0.15, -0.1) is 0 Å². The van der Waals surface area contributed by atoms with Crippen molar-refractivity contribution in [1.82, 2.24) is 15.3 Å². The van der Waals surface area contributed by atoms with Gasteiger partial charge in [0, 0.05) is 18.3 Å². The third-order valence-corrected chi connectivity index (χ3v) is 2.69. The number of rotatable bonds is 3. The molecule has 1 aromatic rings. The zero-order valence-corrected chi connectivity index (χ0v) is 8.14. The van der Waals surface area contributed by atoms with Gasteiger partial charge in [0.05, 0.1) is 0 Å². The van der Waals surface area contributed by atoms with Gasteiger partial charge in [0.25, 0.3) is 0 Å². The summed E-state index contributed by atoms with van der Waals surface area (Å²) in [4.78, 5) is 7.65. The van der Waals surface area contributed by atoms with E-state index in [4.69, 9.17) is 0 Å². The molecule has 0 aliphatic carbocycles. The van der Waals surface area contributed by atoms with E-state index in [-0.39, 0.29) is 0 Å². The smallest absolute Gasteiger partial charge is 0.105 e. The molecule has 3 nitrogen and oxygen atoms in total. The fraction of sp³-hybridized carbons (Fsp3) is 0.700. The molecule has 0 amide bonds. The van der Waals surface area contributed by atoms with Crippen molar-refractivity contribution in [2.75, 3.05) is 13.1 Å². The lowest BCUT2D eigenvalue weighted by atomic mass is 10.0. The lowest BCUT2D eigenvalue weighted by molar-refractivity contribution is 0.572. The minimum Gasteiger partial charge on any atom is -0.346 e. The van der Waals surface area contributed by atoms with Crippen LogP contribution in [0.1, 0.15) is 24.9 Å². The molecule has 1 atom stereocenters. The first-order valence-electron chi connectivity index (χ1n) is 5.12. The Kier molecular flexibility index (Phi) is 2.64. The minimum atomic E-state index is 0.810. The summed E-state index contributed by atoms with van der Waals surface area (Å²) in [5.41, 5.74) is 1.30. The van der Waals surface area contributed by atoms with E-state index >= 15 is 0 Å². The van der Waals surface area contributed by atoms with Crippen LogP contribution in [-0.4, -0.2) is 23.1 Å². The molecule has 2 N–H and O–H groups in total. The van der Waals surface area contributed by atoms with Crippen LogP contribution in [0.25, 0.3) is 0 Å². The van der Waals surface area contributed by atoms with Gasteiger partial charge >= 0.3 is 0 Å². The van der Waals surface area contributed by atoms with Gasteiger partial charge in [-0.2, -0.15) is 0 Å². The molecule has 2 heterocycles. The van der Waals surface area contributed by atoms with E-state index in [2.05, 4.69) is 22.2 Å². The highest BCUT2D eigenvalue weighted by molar-refractivity contribution is 5.02. The molecule has 1 aliphatic rings. The Hall–Kier alpha value is -0.830. The molecule has 72 valence electrons. The summed E-state index contributed by atoms with van der Waals surface area (Å²) in [6.45, 7) is 4.47. The van der Waals surface area contributed by atoms with E-state index in [1.54, 1.807) is 0 Å². The Morgan fingerprint density at radius 2 is 2.54 bits per heavy atom. The van der Waals surface area contributed by atoms with E-state index in [1.807, 2.05) is 6.20 Å². The van der Waals surface area contributed by atoms with Crippen molar-refractivity contribution in [3.8, 4) is 0 Å². The Balaban J connectivity index is 1.92. The Morgan fingerprint density at radius 1 is 1.62 bits per heavy atom. The molecule has 1 saturated heterocycles. The van der Waals surface area contributed by atoms with Gasteiger partial charge in [0.1, 0.15) is 5.82 Å². The number of imidazole rings is 1. The van der Waals surface area contributed by atoms with Gasteiger partial charge in [-0.3, -0.25) is 0 Å². The van der Waals surface area contributed by atoms with Crippen molar-refractivity contribution >= 4 is 0 Å². The number of hydrogen-bond acceptors (Lipinski definition) is 2. The topological polar surface area (TPSA) is 40.7 Å². The van der Waals surface area contributed by atoms with Crippen molar-refractivity contribution in [2.45, 2.75) is 26.2 Å². The number of aryl methyl sites for hydroxylation is 1. The average molecular weight is 179 g/mol. The average Bonchev–Trinajstić information content (AvgIpc) is 2.76. The van der Waals surface area contributed by atoms with E-state index in [0.717, 1.165) is 24.6 Å². The van der Waals surface area contributed by atoms with Crippen molar-refractivity contribution in [2.24, 2.45) is 5.92 Å². The number of H-pyrrole nitrogens is 1. The highest BCUT2D eigenvalue weighted by Crippen LogP contribution is 2.13. The Bertz CT molecular complexity index is 261. The van der Waals surface area contributed by atoms with E-state index in [9.17, 15) is 0 Å². The van der Waals surface area contributed by atoms with Crippen molar-refractivity contribution in [3.63, 3.8) is 0 Å². The van der Waals surface area contributed by atoms with Gasteiger partial charge in [-0.25, -0.2) is 4.98 Å². The summed E-state index contributed by atoms with van der Waals surface area (Å²) < 4.78 is 0. The zero-order chi connectivity index (χ0) is 9.10. The highest BCUT2D eigenvalue weighted by Gasteiger charge is 2.15. The Labute approximate surface area is 79.0 Å². The maximum Gasteiger partial charge on any atom is 0.105 e. The van der Waals surface area contributed by atoms with Crippen LogP contribution in [0.3, 0.4) is 0 Å². The largest absolute Gasteiger partial charge is 0.346 e. The molecule has 13 heavy (non-hydrogen) atoms. The van der Waals surface area contributed by atoms with E-state index < -0.39 is 0 Å². The third kappa shape index (κ3) is 2.10. The van der Waals surface area contributed by atoms with Crippen LogP contribution < -0.4 is 5.32 Å². The predicted octanol–water partition coefficient (Wildman–Crippen LogP) is 1.12. The third-order valence-electron chi connectivity index (χ3n) is 2.69. The molecule has 1 unspecified atom stereocenters. The lowest BCUT2D eigenvalue weighted by Gasteiger charge is -2.04. The molecule has 1 fully saturated rings. The van der Waals surface area contributed by atoms with Gasteiger partial charge in [0.15, 0.2) is 0 Å². The first kappa shape index (κ1) is 8.75. The first-order valence-corrected chi connectivity index (χ1v) is 5.12. The van der Waals surface area contributed by atoms with Crippen molar-refractivity contribution in [1.29, 1.82) is 0 Å². The molecule has 0 bridgehead atoms. The second kappa shape index (κ2) is 3.92. The normalized spacial score (nSPS) is 22.4. The summed E-state index contributed by atoms with van der Waals surface area (Å²) in [6, 6.07) is 0. The highest BCUT2D eigenvalue weighted by atomic mass is 14.9. The first-order chi connectivity index (χ1) is 6.38. The molecule has 0 radical (unpaired) electrons. The predicted molar refractivity (Wildman–Crippen MR) is 52.6 cm³/mol. The maximum atomic E-state index is 4.30. The zero-order valence-electron chi connectivity index (χ0n) is 8.14. The van der Waals surface area contributed by atoms with Crippen molar-refractivity contribution < 1.29 is 0 Å².